The first-order chi connectivity index (χ1) is 11.0. The number of amides is 1. The van der Waals surface area contributed by atoms with Crippen LogP contribution in [0.2, 0.25) is 5.02 Å². The minimum Gasteiger partial charge on any atom is -0.372 e. The van der Waals surface area contributed by atoms with Crippen molar-refractivity contribution in [3.63, 3.8) is 0 Å². The number of halogens is 1. The third kappa shape index (κ3) is 3.26. The number of ether oxygens (including phenoxy) is 1. The molecule has 122 valence electrons. The average molecular weight is 334 g/mol. The normalized spacial score (nSPS) is 21.5. The Morgan fingerprint density at radius 2 is 1.91 bits per heavy atom. The first kappa shape index (κ1) is 16.0. The van der Waals surface area contributed by atoms with Crippen molar-refractivity contribution in [1.82, 2.24) is 14.7 Å². The number of rotatable bonds is 2. The number of aryl methyl sites for hydroxylation is 1. The summed E-state index contributed by atoms with van der Waals surface area (Å²) in [5.74, 6) is -0.0275. The highest BCUT2D eigenvalue weighted by Gasteiger charge is 2.28. The van der Waals surface area contributed by atoms with Crippen LogP contribution >= 0.6 is 11.6 Å². The van der Waals surface area contributed by atoms with Gasteiger partial charge in [0.2, 0.25) is 0 Å². The molecule has 0 saturated carbocycles. The molecule has 1 aromatic carbocycles. The quantitative estimate of drug-likeness (QED) is 0.848. The molecule has 5 nitrogen and oxygen atoms in total. The third-order valence-corrected chi connectivity index (χ3v) is 4.29. The average Bonchev–Trinajstić information content (AvgIpc) is 2.87. The zero-order valence-corrected chi connectivity index (χ0v) is 14.2. The summed E-state index contributed by atoms with van der Waals surface area (Å²) in [4.78, 5) is 14.6. The van der Waals surface area contributed by atoms with Crippen LogP contribution in [0.3, 0.4) is 0 Å². The van der Waals surface area contributed by atoms with Gasteiger partial charge in [-0.15, -0.1) is 0 Å². The predicted molar refractivity (Wildman–Crippen MR) is 89.6 cm³/mol. The molecular weight excluding hydrogens is 314 g/mol. The largest absolute Gasteiger partial charge is 0.372 e. The van der Waals surface area contributed by atoms with E-state index in [1.54, 1.807) is 17.8 Å². The lowest BCUT2D eigenvalue weighted by atomic mass is 10.1. The molecule has 23 heavy (non-hydrogen) atoms. The van der Waals surface area contributed by atoms with E-state index in [9.17, 15) is 4.79 Å². The molecule has 2 unspecified atom stereocenters. The van der Waals surface area contributed by atoms with Crippen molar-refractivity contribution < 1.29 is 9.53 Å². The summed E-state index contributed by atoms with van der Waals surface area (Å²) in [6, 6.07) is 9.30. The van der Waals surface area contributed by atoms with Gasteiger partial charge in [0, 0.05) is 25.7 Å². The Labute approximate surface area is 140 Å². The van der Waals surface area contributed by atoms with Crippen molar-refractivity contribution in [2.45, 2.75) is 26.1 Å². The number of morpholine rings is 1. The Kier molecular flexibility index (Phi) is 4.41. The molecule has 1 aromatic heterocycles. The Morgan fingerprint density at radius 3 is 2.57 bits per heavy atom. The lowest BCUT2D eigenvalue weighted by Gasteiger charge is -2.35. The van der Waals surface area contributed by atoms with E-state index in [1.165, 1.54) is 0 Å². The molecule has 0 aliphatic carbocycles. The van der Waals surface area contributed by atoms with E-state index in [2.05, 4.69) is 5.10 Å². The van der Waals surface area contributed by atoms with Gasteiger partial charge in [-0.3, -0.25) is 9.48 Å². The van der Waals surface area contributed by atoms with Crippen LogP contribution in [-0.4, -0.2) is 45.9 Å². The number of nitrogens with zero attached hydrogens (tertiary/aromatic N) is 3. The fourth-order valence-electron chi connectivity index (χ4n) is 2.97. The summed E-state index contributed by atoms with van der Waals surface area (Å²) < 4.78 is 7.31. The second-order valence-corrected chi connectivity index (χ2v) is 6.39. The third-order valence-electron chi connectivity index (χ3n) is 3.96. The molecule has 0 N–H and O–H groups in total. The van der Waals surface area contributed by atoms with Gasteiger partial charge in [-0.25, -0.2) is 0 Å². The van der Waals surface area contributed by atoms with Crippen molar-refractivity contribution in [1.29, 1.82) is 0 Å². The van der Waals surface area contributed by atoms with Crippen LogP contribution in [0.1, 0.15) is 24.3 Å². The lowest BCUT2D eigenvalue weighted by Crippen LogP contribution is -2.48. The Balaban J connectivity index is 1.89. The predicted octanol–water partition coefficient (Wildman–Crippen LogP) is 2.99. The molecule has 2 atom stereocenters. The van der Waals surface area contributed by atoms with E-state index in [1.807, 2.05) is 43.0 Å². The fraction of sp³-hybridized carbons (Fsp3) is 0.412. The first-order valence-corrected chi connectivity index (χ1v) is 8.07. The zero-order valence-electron chi connectivity index (χ0n) is 13.5. The molecule has 1 amide bonds. The molecule has 3 rings (SSSR count). The molecule has 0 spiro atoms. The number of carbonyl (C=O) groups excluding carboxylic acids is 1. The van der Waals surface area contributed by atoms with Gasteiger partial charge in [0.05, 0.1) is 22.9 Å². The van der Waals surface area contributed by atoms with Gasteiger partial charge in [0.25, 0.3) is 5.91 Å². The van der Waals surface area contributed by atoms with Gasteiger partial charge in [-0.2, -0.15) is 5.10 Å². The van der Waals surface area contributed by atoms with Crippen LogP contribution in [-0.2, 0) is 11.8 Å². The summed E-state index contributed by atoms with van der Waals surface area (Å²) in [7, 11) is 1.78. The van der Waals surface area contributed by atoms with Gasteiger partial charge in [0.15, 0.2) is 0 Å². The Bertz CT molecular complexity index is 718. The summed E-state index contributed by atoms with van der Waals surface area (Å²) >= 11 is 6.23. The van der Waals surface area contributed by atoms with Gasteiger partial charge < -0.3 is 9.64 Å². The molecule has 1 aliphatic rings. The summed E-state index contributed by atoms with van der Waals surface area (Å²) in [6.45, 7) is 5.15. The second-order valence-electron chi connectivity index (χ2n) is 5.99. The maximum Gasteiger partial charge on any atom is 0.272 e. The van der Waals surface area contributed by atoms with Crippen molar-refractivity contribution in [3.8, 4) is 11.3 Å². The van der Waals surface area contributed by atoms with Gasteiger partial charge in [0.1, 0.15) is 5.69 Å². The van der Waals surface area contributed by atoms with E-state index in [4.69, 9.17) is 16.3 Å². The van der Waals surface area contributed by atoms with Crippen LogP contribution in [0, 0.1) is 0 Å². The topological polar surface area (TPSA) is 47.4 Å². The van der Waals surface area contributed by atoms with E-state index in [0.717, 1.165) is 5.56 Å². The molecule has 0 bridgehead atoms. The van der Waals surface area contributed by atoms with Gasteiger partial charge >= 0.3 is 0 Å². The minimum absolute atomic E-state index is 0.0275. The van der Waals surface area contributed by atoms with Crippen molar-refractivity contribution in [3.05, 3.63) is 41.0 Å². The number of carbonyl (C=O) groups is 1. The highest BCUT2D eigenvalue weighted by Crippen LogP contribution is 2.27. The monoisotopic (exact) mass is 333 g/mol. The number of aromatic nitrogens is 2. The van der Waals surface area contributed by atoms with Crippen molar-refractivity contribution >= 4 is 17.5 Å². The Morgan fingerprint density at radius 1 is 1.26 bits per heavy atom. The maximum atomic E-state index is 12.8. The van der Waals surface area contributed by atoms with E-state index in [-0.39, 0.29) is 18.1 Å². The maximum absolute atomic E-state index is 12.8. The van der Waals surface area contributed by atoms with E-state index in [0.29, 0.717) is 29.5 Å². The highest BCUT2D eigenvalue weighted by atomic mass is 35.5. The molecule has 2 heterocycles. The van der Waals surface area contributed by atoms with Crippen molar-refractivity contribution in [2.24, 2.45) is 7.05 Å². The molecule has 1 saturated heterocycles. The van der Waals surface area contributed by atoms with E-state index < -0.39 is 0 Å². The summed E-state index contributed by atoms with van der Waals surface area (Å²) in [5, 5.41) is 5.07. The second kappa shape index (κ2) is 6.34. The van der Waals surface area contributed by atoms with Crippen LogP contribution < -0.4 is 0 Å². The molecule has 2 aromatic rings. The van der Waals surface area contributed by atoms with Crippen LogP contribution in [0.4, 0.5) is 0 Å². The van der Waals surface area contributed by atoms with Gasteiger partial charge in [-0.1, -0.05) is 29.8 Å². The summed E-state index contributed by atoms with van der Waals surface area (Å²) in [5.41, 5.74) is 2.09. The lowest BCUT2D eigenvalue weighted by molar-refractivity contribution is -0.0588. The number of benzene rings is 1. The SMILES string of the molecule is CC1CN(C(=O)c2cc(-c3ccccc3Cl)nn2C)CC(C)O1. The smallest absolute Gasteiger partial charge is 0.272 e. The van der Waals surface area contributed by atoms with Gasteiger partial charge in [-0.05, 0) is 26.0 Å². The molecular formula is C17H20ClN3O2. The minimum atomic E-state index is -0.0275. The number of hydrogen-bond donors (Lipinski definition) is 0. The molecule has 0 radical (unpaired) electrons. The van der Waals surface area contributed by atoms with Crippen LogP contribution in [0.25, 0.3) is 11.3 Å². The molecule has 6 heteroatoms. The zero-order chi connectivity index (χ0) is 16.6. The van der Waals surface area contributed by atoms with Crippen LogP contribution in [0.15, 0.2) is 30.3 Å². The van der Waals surface area contributed by atoms with Crippen LogP contribution in [0.5, 0.6) is 0 Å². The standard InChI is InChI=1S/C17H20ClN3O2/c1-11-9-21(10-12(2)23-11)17(22)16-8-15(19-20(16)3)13-6-4-5-7-14(13)18/h4-8,11-12H,9-10H2,1-3H3. The highest BCUT2D eigenvalue weighted by molar-refractivity contribution is 6.33. The fourth-order valence-corrected chi connectivity index (χ4v) is 3.21. The number of hydrogen-bond acceptors (Lipinski definition) is 3. The molecule has 1 fully saturated rings. The first-order valence-electron chi connectivity index (χ1n) is 7.69. The Hall–Kier alpha value is -1.85. The summed E-state index contributed by atoms with van der Waals surface area (Å²) in [6.07, 6.45) is 0.0814. The van der Waals surface area contributed by atoms with E-state index >= 15 is 0 Å². The molecule has 1 aliphatic heterocycles. The van der Waals surface area contributed by atoms with Crippen molar-refractivity contribution in [2.75, 3.05) is 13.1 Å².